The van der Waals surface area contributed by atoms with E-state index in [0.29, 0.717) is 30.6 Å². The topological polar surface area (TPSA) is 59.5 Å². The van der Waals surface area contributed by atoms with Gasteiger partial charge in [0.25, 0.3) is 0 Å². The van der Waals surface area contributed by atoms with Crippen molar-refractivity contribution in [3.63, 3.8) is 0 Å². The van der Waals surface area contributed by atoms with E-state index in [1.165, 1.54) is 11.8 Å². The van der Waals surface area contributed by atoms with Crippen molar-refractivity contribution in [2.45, 2.75) is 25.5 Å². The molecule has 6 heteroatoms. The molecule has 0 aromatic carbocycles. The second-order valence-electron chi connectivity index (χ2n) is 5.34. The van der Waals surface area contributed by atoms with E-state index < -0.39 is 0 Å². The molecule has 1 aromatic rings. The Hall–Kier alpha value is -1.56. The third kappa shape index (κ3) is 6.05. The zero-order valence-corrected chi connectivity index (χ0v) is 13.7. The summed E-state index contributed by atoms with van der Waals surface area (Å²) in [6.45, 7) is 2.85. The summed E-state index contributed by atoms with van der Waals surface area (Å²) in [4.78, 5) is 29.8. The van der Waals surface area contributed by atoms with Gasteiger partial charge in [-0.05, 0) is 37.8 Å². The number of rotatable bonds is 9. The monoisotopic (exact) mass is 322 g/mol. The van der Waals surface area contributed by atoms with E-state index >= 15 is 0 Å². The van der Waals surface area contributed by atoms with Crippen molar-refractivity contribution in [3.8, 4) is 0 Å². The lowest BCUT2D eigenvalue weighted by Crippen LogP contribution is -2.39. The van der Waals surface area contributed by atoms with Crippen molar-refractivity contribution >= 4 is 23.6 Å². The van der Waals surface area contributed by atoms with E-state index in [4.69, 9.17) is 4.74 Å². The lowest BCUT2D eigenvalue weighted by atomic mass is 10.3. The summed E-state index contributed by atoms with van der Waals surface area (Å²) in [7, 11) is 0. The highest BCUT2D eigenvalue weighted by Crippen LogP contribution is 2.30. The van der Waals surface area contributed by atoms with Crippen LogP contribution in [0.2, 0.25) is 0 Å². The van der Waals surface area contributed by atoms with Gasteiger partial charge in [-0.15, -0.1) is 11.8 Å². The van der Waals surface area contributed by atoms with Gasteiger partial charge in [-0.2, -0.15) is 0 Å². The molecule has 0 radical (unpaired) electrons. The minimum Gasteiger partial charge on any atom is -0.465 e. The van der Waals surface area contributed by atoms with Crippen molar-refractivity contribution < 1.29 is 14.3 Å². The number of ether oxygens (including phenoxy) is 1. The molecule has 1 heterocycles. The van der Waals surface area contributed by atoms with Crippen molar-refractivity contribution in [2.75, 3.05) is 25.4 Å². The Bertz CT molecular complexity index is 491. The molecule has 1 amide bonds. The van der Waals surface area contributed by atoms with Gasteiger partial charge >= 0.3 is 5.97 Å². The van der Waals surface area contributed by atoms with Crippen LogP contribution in [-0.2, 0) is 20.1 Å². The quantitative estimate of drug-likeness (QED) is 0.652. The molecule has 0 bridgehead atoms. The summed E-state index contributed by atoms with van der Waals surface area (Å²) in [5, 5.41) is 0. The first-order valence-electron chi connectivity index (χ1n) is 7.60. The standard InChI is InChI=1S/C16H22N2O3S/c1-2-21-16(20)10-18(9-13-6-7-13)15(19)12-22-11-14-5-3-4-8-17-14/h3-5,8,13H,2,6-7,9-12H2,1H3. The molecule has 5 nitrogen and oxygen atoms in total. The minimum absolute atomic E-state index is 0.000819. The largest absolute Gasteiger partial charge is 0.465 e. The van der Waals surface area contributed by atoms with Crippen LogP contribution >= 0.6 is 11.8 Å². The number of nitrogens with zero attached hydrogens (tertiary/aromatic N) is 2. The summed E-state index contributed by atoms with van der Waals surface area (Å²) in [5.41, 5.74) is 0.958. The van der Waals surface area contributed by atoms with Gasteiger partial charge in [0.05, 0.1) is 18.1 Å². The van der Waals surface area contributed by atoms with Crippen LogP contribution in [-0.4, -0.2) is 47.2 Å². The van der Waals surface area contributed by atoms with Gasteiger partial charge in [0, 0.05) is 18.5 Å². The number of carbonyl (C=O) groups excluding carboxylic acids is 2. The van der Waals surface area contributed by atoms with Crippen molar-refractivity contribution in [1.29, 1.82) is 0 Å². The van der Waals surface area contributed by atoms with Gasteiger partial charge in [-0.1, -0.05) is 6.07 Å². The molecule has 1 aromatic heterocycles. The Morgan fingerprint density at radius 1 is 1.41 bits per heavy atom. The number of aromatic nitrogens is 1. The lowest BCUT2D eigenvalue weighted by Gasteiger charge is -2.21. The normalized spacial score (nSPS) is 13.7. The third-order valence-electron chi connectivity index (χ3n) is 3.36. The molecule has 0 aliphatic heterocycles. The fourth-order valence-corrected chi connectivity index (χ4v) is 2.89. The van der Waals surface area contributed by atoms with Gasteiger partial charge in [0.2, 0.25) is 5.91 Å². The first-order chi connectivity index (χ1) is 10.7. The maximum absolute atomic E-state index is 12.3. The van der Waals surface area contributed by atoms with Gasteiger partial charge in [0.1, 0.15) is 6.54 Å². The van der Waals surface area contributed by atoms with E-state index in [9.17, 15) is 9.59 Å². The first-order valence-corrected chi connectivity index (χ1v) is 8.75. The highest BCUT2D eigenvalue weighted by atomic mass is 32.2. The predicted octanol–water partition coefficient (Wildman–Crippen LogP) is 2.12. The molecule has 2 rings (SSSR count). The zero-order chi connectivity index (χ0) is 15.8. The van der Waals surface area contributed by atoms with Gasteiger partial charge in [0.15, 0.2) is 0 Å². The van der Waals surface area contributed by atoms with Crippen LogP contribution in [0.3, 0.4) is 0 Å². The second kappa shape index (κ2) is 8.78. The fraction of sp³-hybridized carbons (Fsp3) is 0.562. The fourth-order valence-electron chi connectivity index (χ4n) is 2.05. The van der Waals surface area contributed by atoms with E-state index in [1.54, 1.807) is 18.0 Å². The summed E-state index contributed by atoms with van der Waals surface area (Å²) in [5.74, 6) is 1.29. The number of hydrogen-bond donors (Lipinski definition) is 0. The summed E-state index contributed by atoms with van der Waals surface area (Å²) in [6.07, 6.45) is 4.04. The molecule has 1 aliphatic rings. The van der Waals surface area contributed by atoms with E-state index in [-0.39, 0.29) is 18.4 Å². The summed E-state index contributed by atoms with van der Waals surface area (Å²) in [6, 6.07) is 5.75. The molecule has 1 aliphatic carbocycles. The maximum Gasteiger partial charge on any atom is 0.325 e. The molecular weight excluding hydrogens is 300 g/mol. The second-order valence-corrected chi connectivity index (χ2v) is 6.32. The summed E-state index contributed by atoms with van der Waals surface area (Å²) < 4.78 is 4.95. The van der Waals surface area contributed by atoms with Crippen molar-refractivity contribution in [3.05, 3.63) is 30.1 Å². The van der Waals surface area contributed by atoms with Crippen LogP contribution in [0, 0.1) is 5.92 Å². The maximum atomic E-state index is 12.3. The predicted molar refractivity (Wildman–Crippen MR) is 86.3 cm³/mol. The van der Waals surface area contributed by atoms with Crippen LogP contribution in [0.15, 0.2) is 24.4 Å². The summed E-state index contributed by atoms with van der Waals surface area (Å²) >= 11 is 1.52. The lowest BCUT2D eigenvalue weighted by molar-refractivity contribution is -0.148. The zero-order valence-electron chi connectivity index (χ0n) is 12.9. The number of pyridine rings is 1. The molecule has 0 atom stereocenters. The third-order valence-corrected chi connectivity index (χ3v) is 4.31. The van der Waals surface area contributed by atoms with Crippen LogP contribution in [0.1, 0.15) is 25.5 Å². The Kier molecular flexibility index (Phi) is 6.71. The average Bonchev–Trinajstić information content (AvgIpc) is 3.32. The molecule has 0 spiro atoms. The van der Waals surface area contributed by atoms with Crippen LogP contribution < -0.4 is 0 Å². The minimum atomic E-state index is -0.328. The van der Waals surface area contributed by atoms with E-state index in [1.807, 2.05) is 18.2 Å². The Morgan fingerprint density at radius 2 is 2.23 bits per heavy atom. The van der Waals surface area contributed by atoms with E-state index in [0.717, 1.165) is 18.5 Å². The van der Waals surface area contributed by atoms with Crippen molar-refractivity contribution in [1.82, 2.24) is 9.88 Å². The van der Waals surface area contributed by atoms with Crippen LogP contribution in [0.4, 0.5) is 0 Å². The Labute approximate surface area is 135 Å². The SMILES string of the molecule is CCOC(=O)CN(CC1CC1)C(=O)CSCc1ccccn1. The Morgan fingerprint density at radius 3 is 2.86 bits per heavy atom. The average molecular weight is 322 g/mol. The van der Waals surface area contributed by atoms with Gasteiger partial charge in [-0.3, -0.25) is 14.6 Å². The molecule has 120 valence electrons. The molecule has 0 unspecified atom stereocenters. The molecular formula is C16H22N2O3S. The van der Waals surface area contributed by atoms with E-state index in [2.05, 4.69) is 4.98 Å². The first kappa shape index (κ1) is 16.8. The number of carbonyl (C=O) groups is 2. The van der Waals surface area contributed by atoms with Crippen LogP contribution in [0.25, 0.3) is 0 Å². The number of hydrogen-bond acceptors (Lipinski definition) is 5. The number of esters is 1. The van der Waals surface area contributed by atoms with Crippen LogP contribution in [0.5, 0.6) is 0 Å². The highest BCUT2D eigenvalue weighted by Gasteiger charge is 2.28. The van der Waals surface area contributed by atoms with Gasteiger partial charge in [-0.25, -0.2) is 0 Å². The van der Waals surface area contributed by atoms with Gasteiger partial charge < -0.3 is 9.64 Å². The number of thioether (sulfide) groups is 1. The molecule has 22 heavy (non-hydrogen) atoms. The molecule has 1 fully saturated rings. The Balaban J connectivity index is 1.78. The molecule has 1 saturated carbocycles. The molecule has 0 saturated heterocycles. The highest BCUT2D eigenvalue weighted by molar-refractivity contribution is 7.99. The molecule has 0 N–H and O–H groups in total. The number of amides is 1. The smallest absolute Gasteiger partial charge is 0.325 e. The van der Waals surface area contributed by atoms with Crippen molar-refractivity contribution in [2.24, 2.45) is 5.92 Å².